The summed E-state index contributed by atoms with van der Waals surface area (Å²) in [6.07, 6.45) is 2.17. The zero-order chi connectivity index (χ0) is 19.5. The highest BCUT2D eigenvalue weighted by Gasteiger charge is 2.25. The number of nitrogens with one attached hydrogen (secondary N) is 1. The van der Waals surface area contributed by atoms with Crippen molar-refractivity contribution in [2.75, 3.05) is 19.6 Å². The molecule has 0 aliphatic carbocycles. The van der Waals surface area contributed by atoms with Crippen LogP contribution in [0, 0.1) is 5.82 Å². The van der Waals surface area contributed by atoms with Gasteiger partial charge in [-0.3, -0.25) is 4.79 Å². The number of amides is 1. The molecule has 1 aliphatic rings. The summed E-state index contributed by atoms with van der Waals surface area (Å²) in [5.41, 5.74) is 3.26. The predicted octanol–water partition coefficient (Wildman–Crippen LogP) is 3.46. The Labute approximate surface area is 175 Å². The molecule has 1 unspecified atom stereocenters. The number of halogens is 2. The molecule has 1 saturated heterocycles. The maximum Gasteiger partial charge on any atom is 0.227 e. The Morgan fingerprint density at radius 1 is 1.17 bits per heavy atom. The molecule has 1 atom stereocenters. The van der Waals surface area contributed by atoms with Gasteiger partial charge in [0.1, 0.15) is 5.82 Å². The first-order valence-corrected chi connectivity index (χ1v) is 9.52. The zero-order valence-electron chi connectivity index (χ0n) is 16.2. The van der Waals surface area contributed by atoms with Gasteiger partial charge in [-0.15, -0.1) is 12.4 Å². The van der Waals surface area contributed by atoms with Gasteiger partial charge in [-0.05, 0) is 43.3 Å². The molecule has 4 rings (SSSR count). The number of piperazine rings is 1. The van der Waals surface area contributed by atoms with Crippen LogP contribution in [0.4, 0.5) is 4.39 Å². The Kier molecular flexibility index (Phi) is 6.67. The number of benzene rings is 2. The van der Waals surface area contributed by atoms with Crippen LogP contribution < -0.4 is 5.32 Å². The summed E-state index contributed by atoms with van der Waals surface area (Å²) in [6.45, 7) is 4.38. The number of hydrogen-bond acceptors (Lipinski definition) is 3. The molecule has 1 amide bonds. The maximum atomic E-state index is 13.4. The molecule has 1 fully saturated rings. The van der Waals surface area contributed by atoms with Crippen molar-refractivity contribution in [3.8, 4) is 16.9 Å². The molecule has 0 spiro atoms. The number of rotatable bonds is 4. The molecule has 7 heteroatoms. The van der Waals surface area contributed by atoms with Crippen molar-refractivity contribution in [2.24, 2.45) is 0 Å². The van der Waals surface area contributed by atoms with Gasteiger partial charge in [0, 0.05) is 43.0 Å². The lowest BCUT2D eigenvalue weighted by Crippen LogP contribution is -2.52. The average molecular weight is 415 g/mol. The molecule has 2 aromatic carbocycles. The summed E-state index contributed by atoms with van der Waals surface area (Å²) in [6, 6.07) is 16.2. The number of para-hydroxylation sites is 1. The molecule has 5 nitrogen and oxygen atoms in total. The predicted molar refractivity (Wildman–Crippen MR) is 114 cm³/mol. The first-order valence-electron chi connectivity index (χ1n) is 9.52. The third kappa shape index (κ3) is 4.66. The van der Waals surface area contributed by atoms with Gasteiger partial charge in [-0.1, -0.05) is 18.2 Å². The van der Waals surface area contributed by atoms with Crippen molar-refractivity contribution in [3.63, 3.8) is 0 Å². The van der Waals surface area contributed by atoms with Crippen LogP contribution >= 0.6 is 12.4 Å². The first kappa shape index (κ1) is 21.0. The zero-order valence-corrected chi connectivity index (χ0v) is 17.0. The van der Waals surface area contributed by atoms with Crippen LogP contribution in [0.3, 0.4) is 0 Å². The third-order valence-corrected chi connectivity index (χ3v) is 5.09. The van der Waals surface area contributed by atoms with Crippen molar-refractivity contribution in [2.45, 2.75) is 19.4 Å². The van der Waals surface area contributed by atoms with Crippen molar-refractivity contribution >= 4 is 18.3 Å². The molecule has 0 saturated carbocycles. The van der Waals surface area contributed by atoms with Gasteiger partial charge < -0.3 is 10.2 Å². The standard InChI is InChI=1S/C22H23FN4O.ClH/c1-16-14-24-11-12-26(16)21(28)13-18-15-27(20-5-3-2-4-6-20)25-22(18)17-7-9-19(23)10-8-17;/h2-10,15-16,24H,11-14H2,1H3;1H. The molecule has 1 N–H and O–H groups in total. The number of nitrogens with zero attached hydrogens (tertiary/aromatic N) is 3. The van der Waals surface area contributed by atoms with E-state index in [0.717, 1.165) is 29.9 Å². The Balaban J connectivity index is 0.00000240. The molecule has 2 heterocycles. The van der Waals surface area contributed by atoms with Crippen molar-refractivity contribution in [3.05, 3.63) is 72.2 Å². The Morgan fingerprint density at radius 2 is 1.90 bits per heavy atom. The molecular weight excluding hydrogens is 391 g/mol. The van der Waals surface area contributed by atoms with E-state index in [9.17, 15) is 9.18 Å². The van der Waals surface area contributed by atoms with E-state index in [1.807, 2.05) is 41.4 Å². The van der Waals surface area contributed by atoms with Crippen LogP contribution in [0.25, 0.3) is 16.9 Å². The number of carbonyl (C=O) groups is 1. The highest BCUT2D eigenvalue weighted by molar-refractivity contribution is 5.85. The lowest BCUT2D eigenvalue weighted by Gasteiger charge is -2.34. The van der Waals surface area contributed by atoms with Crippen molar-refractivity contribution < 1.29 is 9.18 Å². The summed E-state index contributed by atoms with van der Waals surface area (Å²) in [7, 11) is 0. The van der Waals surface area contributed by atoms with Gasteiger partial charge in [0.15, 0.2) is 0 Å². The SMILES string of the molecule is CC1CNCCN1C(=O)Cc1cn(-c2ccccc2)nc1-c1ccc(F)cc1.Cl. The van der Waals surface area contributed by atoms with Crippen LogP contribution in [-0.4, -0.2) is 46.3 Å². The molecule has 1 aromatic heterocycles. The van der Waals surface area contributed by atoms with Gasteiger partial charge >= 0.3 is 0 Å². The van der Waals surface area contributed by atoms with Crippen LogP contribution in [-0.2, 0) is 11.2 Å². The lowest BCUT2D eigenvalue weighted by atomic mass is 10.0. The Bertz CT molecular complexity index is 959. The number of carbonyl (C=O) groups excluding carboxylic acids is 1. The fourth-order valence-corrected chi connectivity index (χ4v) is 3.58. The smallest absolute Gasteiger partial charge is 0.227 e. The van der Waals surface area contributed by atoms with Crippen LogP contribution in [0.2, 0.25) is 0 Å². The molecular formula is C22H24ClFN4O. The number of aromatic nitrogens is 2. The quantitative estimate of drug-likeness (QED) is 0.711. The van der Waals surface area contributed by atoms with Gasteiger partial charge in [0.05, 0.1) is 17.8 Å². The van der Waals surface area contributed by atoms with E-state index >= 15 is 0 Å². The van der Waals surface area contributed by atoms with E-state index < -0.39 is 0 Å². The van der Waals surface area contributed by atoms with Crippen LogP contribution in [0.15, 0.2) is 60.8 Å². The largest absolute Gasteiger partial charge is 0.337 e. The summed E-state index contributed by atoms with van der Waals surface area (Å²) < 4.78 is 15.2. The molecule has 0 bridgehead atoms. The molecule has 3 aromatic rings. The van der Waals surface area contributed by atoms with Crippen LogP contribution in [0.1, 0.15) is 12.5 Å². The second kappa shape index (κ2) is 9.20. The van der Waals surface area contributed by atoms with E-state index in [2.05, 4.69) is 12.2 Å². The number of hydrogen-bond donors (Lipinski definition) is 1. The van der Waals surface area contributed by atoms with E-state index in [1.54, 1.807) is 16.8 Å². The highest BCUT2D eigenvalue weighted by atomic mass is 35.5. The highest BCUT2D eigenvalue weighted by Crippen LogP contribution is 2.25. The van der Waals surface area contributed by atoms with Crippen molar-refractivity contribution in [1.82, 2.24) is 20.0 Å². The van der Waals surface area contributed by atoms with Gasteiger partial charge in [-0.25, -0.2) is 9.07 Å². The molecule has 29 heavy (non-hydrogen) atoms. The minimum Gasteiger partial charge on any atom is -0.337 e. The monoisotopic (exact) mass is 414 g/mol. The van der Waals surface area contributed by atoms with Gasteiger partial charge in [0.2, 0.25) is 5.91 Å². The Morgan fingerprint density at radius 3 is 2.59 bits per heavy atom. The lowest BCUT2D eigenvalue weighted by molar-refractivity contribution is -0.133. The second-order valence-electron chi connectivity index (χ2n) is 7.11. The third-order valence-electron chi connectivity index (χ3n) is 5.09. The average Bonchev–Trinajstić information content (AvgIpc) is 3.13. The fourth-order valence-electron chi connectivity index (χ4n) is 3.58. The maximum absolute atomic E-state index is 13.4. The molecule has 1 aliphatic heterocycles. The second-order valence-corrected chi connectivity index (χ2v) is 7.11. The van der Waals surface area contributed by atoms with Gasteiger partial charge in [0.25, 0.3) is 0 Å². The van der Waals surface area contributed by atoms with E-state index in [1.165, 1.54) is 12.1 Å². The van der Waals surface area contributed by atoms with E-state index in [-0.39, 0.29) is 36.6 Å². The summed E-state index contributed by atoms with van der Waals surface area (Å²) >= 11 is 0. The summed E-state index contributed by atoms with van der Waals surface area (Å²) in [5.74, 6) is -0.205. The summed E-state index contributed by atoms with van der Waals surface area (Å²) in [4.78, 5) is 14.9. The Hall–Kier alpha value is -2.70. The first-order chi connectivity index (χ1) is 13.6. The molecule has 0 radical (unpaired) electrons. The topological polar surface area (TPSA) is 50.2 Å². The minimum atomic E-state index is -0.293. The minimum absolute atomic E-state index is 0. The van der Waals surface area contributed by atoms with E-state index in [0.29, 0.717) is 12.2 Å². The normalized spacial score (nSPS) is 16.3. The van der Waals surface area contributed by atoms with E-state index in [4.69, 9.17) is 5.10 Å². The van der Waals surface area contributed by atoms with Crippen molar-refractivity contribution in [1.29, 1.82) is 0 Å². The molecule has 152 valence electrons. The summed E-state index contributed by atoms with van der Waals surface area (Å²) in [5, 5.41) is 8.01. The van der Waals surface area contributed by atoms with Crippen LogP contribution in [0.5, 0.6) is 0 Å². The van der Waals surface area contributed by atoms with Gasteiger partial charge in [-0.2, -0.15) is 5.10 Å². The fraction of sp³-hybridized carbons (Fsp3) is 0.273.